The highest BCUT2D eigenvalue weighted by molar-refractivity contribution is 5.96. The van der Waals surface area contributed by atoms with Crippen LogP contribution in [0.25, 0.3) is 0 Å². The third kappa shape index (κ3) is 2.94. The maximum Gasteiger partial charge on any atom is 0.255 e. The molecule has 6 heteroatoms. The maximum absolute atomic E-state index is 12.2. The molecule has 0 unspecified atom stereocenters. The van der Waals surface area contributed by atoms with Crippen molar-refractivity contribution in [3.8, 4) is 0 Å². The van der Waals surface area contributed by atoms with Gasteiger partial charge in [0.15, 0.2) is 0 Å². The number of rotatable bonds is 3. The lowest BCUT2D eigenvalue weighted by atomic mass is 9.85. The molecule has 0 saturated heterocycles. The van der Waals surface area contributed by atoms with Gasteiger partial charge in [-0.3, -0.25) is 14.7 Å². The van der Waals surface area contributed by atoms with Gasteiger partial charge < -0.3 is 11.1 Å². The Hall–Kier alpha value is -1.85. The second-order valence-electron chi connectivity index (χ2n) is 5.23. The van der Waals surface area contributed by atoms with Gasteiger partial charge in [-0.25, -0.2) is 0 Å². The highest BCUT2D eigenvalue weighted by Crippen LogP contribution is 2.24. The van der Waals surface area contributed by atoms with Gasteiger partial charge in [-0.2, -0.15) is 5.10 Å². The fourth-order valence-electron chi connectivity index (χ4n) is 2.67. The van der Waals surface area contributed by atoms with E-state index in [4.69, 9.17) is 5.73 Å². The smallest absolute Gasteiger partial charge is 0.255 e. The number of nitrogens with two attached hydrogens (primary N) is 1. The Morgan fingerprint density at radius 1 is 1.26 bits per heavy atom. The molecule has 1 aliphatic rings. The van der Waals surface area contributed by atoms with Crippen molar-refractivity contribution in [1.82, 2.24) is 15.5 Å². The number of primary amides is 1. The molecule has 0 aromatic carbocycles. The third-order valence-corrected chi connectivity index (χ3v) is 3.82. The van der Waals surface area contributed by atoms with Crippen molar-refractivity contribution in [1.29, 1.82) is 0 Å². The molecular formula is C13H20N4O2. The first-order valence-electron chi connectivity index (χ1n) is 6.60. The Morgan fingerprint density at radius 2 is 1.89 bits per heavy atom. The van der Waals surface area contributed by atoms with Gasteiger partial charge in [0.05, 0.1) is 11.3 Å². The molecule has 0 bridgehead atoms. The summed E-state index contributed by atoms with van der Waals surface area (Å²) in [5, 5.41) is 9.83. The Labute approximate surface area is 112 Å². The van der Waals surface area contributed by atoms with Crippen LogP contribution in [-0.2, 0) is 4.79 Å². The number of nitrogens with one attached hydrogen (secondary N) is 2. The van der Waals surface area contributed by atoms with E-state index in [-0.39, 0.29) is 23.8 Å². The first-order valence-corrected chi connectivity index (χ1v) is 6.60. The fourth-order valence-corrected chi connectivity index (χ4v) is 2.67. The number of aromatic amines is 1. The summed E-state index contributed by atoms with van der Waals surface area (Å²) >= 11 is 0. The number of amides is 2. The van der Waals surface area contributed by atoms with Crippen LogP contribution in [0.3, 0.4) is 0 Å². The molecule has 6 nitrogen and oxygen atoms in total. The first kappa shape index (κ1) is 13.6. The van der Waals surface area contributed by atoms with Crippen molar-refractivity contribution in [3.63, 3.8) is 0 Å². The SMILES string of the molecule is Cc1n[nH]c(C)c1C(=O)NC1CCC(C(N)=O)CC1. The van der Waals surface area contributed by atoms with E-state index in [1.54, 1.807) is 0 Å². The second-order valence-corrected chi connectivity index (χ2v) is 5.23. The van der Waals surface area contributed by atoms with E-state index in [9.17, 15) is 9.59 Å². The van der Waals surface area contributed by atoms with Gasteiger partial charge in [0, 0.05) is 17.7 Å². The number of carbonyl (C=O) groups excluding carboxylic acids is 2. The van der Waals surface area contributed by atoms with E-state index in [0.29, 0.717) is 11.3 Å². The standard InChI is InChI=1S/C13H20N4O2/c1-7-11(8(2)17-16-7)13(19)15-10-5-3-9(4-6-10)12(14)18/h9-10H,3-6H2,1-2H3,(H2,14,18)(H,15,19)(H,16,17). The van der Waals surface area contributed by atoms with Gasteiger partial charge in [-0.1, -0.05) is 0 Å². The van der Waals surface area contributed by atoms with Crippen molar-refractivity contribution < 1.29 is 9.59 Å². The fraction of sp³-hybridized carbons (Fsp3) is 0.615. The molecule has 0 aliphatic heterocycles. The van der Waals surface area contributed by atoms with Crippen LogP contribution in [-0.4, -0.2) is 28.1 Å². The summed E-state index contributed by atoms with van der Waals surface area (Å²) in [4.78, 5) is 23.3. The predicted molar refractivity (Wildman–Crippen MR) is 70.5 cm³/mol. The van der Waals surface area contributed by atoms with Gasteiger partial charge in [0.2, 0.25) is 5.91 Å². The number of hydrogen-bond acceptors (Lipinski definition) is 3. The number of hydrogen-bond donors (Lipinski definition) is 3. The van der Waals surface area contributed by atoms with E-state index >= 15 is 0 Å². The summed E-state index contributed by atoms with van der Waals surface area (Å²) in [6, 6.07) is 0.122. The Kier molecular flexibility index (Phi) is 3.87. The zero-order valence-electron chi connectivity index (χ0n) is 11.3. The Balaban J connectivity index is 1.93. The summed E-state index contributed by atoms with van der Waals surface area (Å²) < 4.78 is 0. The molecule has 19 heavy (non-hydrogen) atoms. The van der Waals surface area contributed by atoms with Crippen molar-refractivity contribution in [2.75, 3.05) is 0 Å². The van der Waals surface area contributed by atoms with Crippen LogP contribution in [0.1, 0.15) is 47.4 Å². The lowest BCUT2D eigenvalue weighted by Crippen LogP contribution is -2.40. The molecular weight excluding hydrogens is 244 g/mol. The minimum Gasteiger partial charge on any atom is -0.369 e. The minimum atomic E-state index is -0.230. The quantitative estimate of drug-likeness (QED) is 0.752. The number of aromatic nitrogens is 2. The van der Waals surface area contributed by atoms with Gasteiger partial charge in [0.25, 0.3) is 5.91 Å². The van der Waals surface area contributed by atoms with Crippen LogP contribution < -0.4 is 11.1 Å². The summed E-state index contributed by atoms with van der Waals surface area (Å²) in [6.07, 6.45) is 3.11. The van der Waals surface area contributed by atoms with Crippen molar-refractivity contribution in [2.45, 2.75) is 45.6 Å². The van der Waals surface area contributed by atoms with Gasteiger partial charge >= 0.3 is 0 Å². The second kappa shape index (κ2) is 5.42. The molecule has 4 N–H and O–H groups in total. The molecule has 2 amide bonds. The van der Waals surface area contributed by atoms with Crippen LogP contribution in [0, 0.1) is 19.8 Å². The molecule has 2 rings (SSSR count). The van der Waals surface area contributed by atoms with Crippen LogP contribution in [0.2, 0.25) is 0 Å². The zero-order valence-corrected chi connectivity index (χ0v) is 11.3. The van der Waals surface area contributed by atoms with E-state index in [1.165, 1.54) is 0 Å². The van der Waals surface area contributed by atoms with Crippen LogP contribution >= 0.6 is 0 Å². The molecule has 1 fully saturated rings. The van der Waals surface area contributed by atoms with Crippen LogP contribution in [0.4, 0.5) is 0 Å². The Bertz CT molecular complexity index is 467. The van der Waals surface area contributed by atoms with Crippen LogP contribution in [0.5, 0.6) is 0 Å². The summed E-state index contributed by atoms with van der Waals surface area (Å²) in [6.45, 7) is 3.64. The molecule has 1 heterocycles. The van der Waals surface area contributed by atoms with Gasteiger partial charge in [0.1, 0.15) is 0 Å². The summed E-state index contributed by atoms with van der Waals surface area (Å²) in [5.74, 6) is -0.358. The van der Waals surface area contributed by atoms with Crippen molar-refractivity contribution >= 4 is 11.8 Å². The number of H-pyrrole nitrogens is 1. The van der Waals surface area contributed by atoms with Crippen LogP contribution in [0.15, 0.2) is 0 Å². The van der Waals surface area contributed by atoms with E-state index in [1.807, 2.05) is 13.8 Å². The molecule has 0 spiro atoms. The van der Waals surface area contributed by atoms with E-state index in [2.05, 4.69) is 15.5 Å². The zero-order chi connectivity index (χ0) is 14.0. The largest absolute Gasteiger partial charge is 0.369 e. The maximum atomic E-state index is 12.2. The summed E-state index contributed by atoms with van der Waals surface area (Å²) in [5.41, 5.74) is 7.40. The molecule has 0 radical (unpaired) electrons. The predicted octanol–water partition coefficient (Wildman–Crippen LogP) is 0.800. The van der Waals surface area contributed by atoms with Gasteiger partial charge in [-0.15, -0.1) is 0 Å². The van der Waals surface area contributed by atoms with Crippen molar-refractivity contribution in [3.05, 3.63) is 17.0 Å². The van der Waals surface area contributed by atoms with Gasteiger partial charge in [-0.05, 0) is 39.5 Å². The minimum absolute atomic E-state index is 0.0365. The average molecular weight is 264 g/mol. The molecule has 1 aromatic rings. The number of nitrogens with zero attached hydrogens (tertiary/aromatic N) is 1. The monoisotopic (exact) mass is 264 g/mol. The number of carbonyl (C=O) groups is 2. The lowest BCUT2D eigenvalue weighted by Gasteiger charge is -2.27. The first-order chi connectivity index (χ1) is 8.99. The van der Waals surface area contributed by atoms with E-state index < -0.39 is 0 Å². The summed E-state index contributed by atoms with van der Waals surface area (Å²) in [7, 11) is 0. The number of aryl methyl sites for hydroxylation is 2. The molecule has 1 saturated carbocycles. The van der Waals surface area contributed by atoms with Crippen molar-refractivity contribution in [2.24, 2.45) is 11.7 Å². The normalized spacial score (nSPS) is 23.1. The molecule has 104 valence electrons. The average Bonchev–Trinajstić information content (AvgIpc) is 2.69. The molecule has 0 atom stereocenters. The van der Waals surface area contributed by atoms with E-state index in [0.717, 1.165) is 31.4 Å². The highest BCUT2D eigenvalue weighted by Gasteiger charge is 2.26. The highest BCUT2D eigenvalue weighted by atomic mass is 16.2. The lowest BCUT2D eigenvalue weighted by molar-refractivity contribution is -0.122. The molecule has 1 aliphatic carbocycles. The third-order valence-electron chi connectivity index (χ3n) is 3.82. The Morgan fingerprint density at radius 3 is 2.37 bits per heavy atom. The molecule has 1 aromatic heterocycles. The topological polar surface area (TPSA) is 101 Å².